The van der Waals surface area contributed by atoms with Crippen LogP contribution in [0.4, 0.5) is 0 Å². The minimum atomic E-state index is -0.872. The van der Waals surface area contributed by atoms with Gasteiger partial charge in [0, 0.05) is 0 Å². The Morgan fingerprint density at radius 2 is 1.69 bits per heavy atom. The highest BCUT2D eigenvalue weighted by Gasteiger charge is 2.63. The minimum absolute atomic E-state index is 0.00457. The molecule has 6 nitrogen and oxygen atoms in total. The smallest absolute Gasteiger partial charge is 0.309 e. The van der Waals surface area contributed by atoms with Crippen LogP contribution in [0.1, 0.15) is 80.1 Å². The van der Waals surface area contributed by atoms with E-state index in [-0.39, 0.29) is 58.7 Å². The van der Waals surface area contributed by atoms with Gasteiger partial charge in [-0.3, -0.25) is 4.79 Å². The fourth-order valence-corrected chi connectivity index (χ4v) is 9.26. The van der Waals surface area contributed by atoms with Gasteiger partial charge < -0.3 is 25.2 Å². The molecule has 0 amide bonds. The summed E-state index contributed by atoms with van der Waals surface area (Å²) in [5, 5.41) is 43.1. The number of hydrogen-bond donors (Lipinski definition) is 4. The van der Waals surface area contributed by atoms with Crippen molar-refractivity contribution < 1.29 is 30.0 Å². The molecule has 12 atom stereocenters. The quantitative estimate of drug-likeness (QED) is 0.344. The molecular formula is C29H48O6. The van der Waals surface area contributed by atoms with Gasteiger partial charge in [-0.15, -0.1) is 0 Å². The lowest BCUT2D eigenvalue weighted by Gasteiger charge is -2.56. The molecule has 0 aromatic carbocycles. The predicted octanol–water partition coefficient (Wildman–Crippen LogP) is 3.70. The van der Waals surface area contributed by atoms with Gasteiger partial charge in [0.15, 0.2) is 0 Å². The van der Waals surface area contributed by atoms with Crippen LogP contribution in [0.2, 0.25) is 0 Å². The Morgan fingerprint density at radius 3 is 2.31 bits per heavy atom. The fraction of sp³-hybridized carbons (Fsp3) is 0.897. The number of carbonyl (C=O) groups is 1. The lowest BCUT2D eigenvalue weighted by Crippen LogP contribution is -2.55. The van der Waals surface area contributed by atoms with E-state index in [2.05, 4.69) is 20.8 Å². The van der Waals surface area contributed by atoms with Gasteiger partial charge in [0.25, 0.3) is 0 Å². The largest absolute Gasteiger partial charge is 0.465 e. The van der Waals surface area contributed by atoms with Gasteiger partial charge >= 0.3 is 5.97 Å². The zero-order valence-electron chi connectivity index (χ0n) is 22.5. The molecule has 1 aliphatic heterocycles. The van der Waals surface area contributed by atoms with E-state index in [4.69, 9.17) is 4.74 Å². The van der Waals surface area contributed by atoms with Crippen molar-refractivity contribution in [1.29, 1.82) is 0 Å². The van der Waals surface area contributed by atoms with Crippen LogP contribution in [-0.4, -0.2) is 57.4 Å². The first-order valence-corrected chi connectivity index (χ1v) is 13.9. The lowest BCUT2D eigenvalue weighted by atomic mass is 9.48. The predicted molar refractivity (Wildman–Crippen MR) is 134 cm³/mol. The van der Waals surface area contributed by atoms with Crippen LogP contribution in [0.3, 0.4) is 0 Å². The molecule has 1 heterocycles. The first-order valence-electron chi connectivity index (χ1n) is 13.9. The molecule has 35 heavy (non-hydrogen) atoms. The molecule has 1 saturated heterocycles. The maximum Gasteiger partial charge on any atom is 0.309 e. The summed E-state index contributed by atoms with van der Waals surface area (Å²) >= 11 is 0. The van der Waals surface area contributed by atoms with Gasteiger partial charge in [-0.1, -0.05) is 40.7 Å². The van der Waals surface area contributed by atoms with Crippen LogP contribution in [0.5, 0.6) is 0 Å². The van der Waals surface area contributed by atoms with Crippen molar-refractivity contribution in [3.8, 4) is 0 Å². The number of cyclic esters (lactones) is 1. The number of carbonyl (C=O) groups excluding carboxylic acids is 1. The van der Waals surface area contributed by atoms with Gasteiger partial charge in [0.1, 0.15) is 6.10 Å². The molecule has 0 unspecified atom stereocenters. The molecular weight excluding hydrogens is 444 g/mol. The Kier molecular flexibility index (Phi) is 7.54. The first-order chi connectivity index (χ1) is 16.4. The van der Waals surface area contributed by atoms with E-state index < -0.39 is 24.4 Å². The van der Waals surface area contributed by atoms with E-state index in [1.54, 1.807) is 0 Å². The Balaban J connectivity index is 1.58. The van der Waals surface area contributed by atoms with E-state index >= 15 is 0 Å². The highest BCUT2D eigenvalue weighted by atomic mass is 16.5. The van der Waals surface area contributed by atoms with Crippen molar-refractivity contribution in [3.63, 3.8) is 0 Å². The number of hydrogen-bond acceptors (Lipinski definition) is 6. The van der Waals surface area contributed by atoms with Gasteiger partial charge in [-0.2, -0.15) is 0 Å². The van der Waals surface area contributed by atoms with Crippen molar-refractivity contribution in [3.05, 3.63) is 11.6 Å². The number of ether oxygens (including phenoxy) is 1. The molecule has 0 aromatic rings. The summed E-state index contributed by atoms with van der Waals surface area (Å²) in [6, 6.07) is 0. The summed E-state index contributed by atoms with van der Waals surface area (Å²) in [6.07, 6.45) is 3.28. The molecule has 0 spiro atoms. The summed E-state index contributed by atoms with van der Waals surface area (Å²) in [6.45, 7) is 13.0. The number of fused-ring (bicyclic) bond motifs is 5. The SMILES string of the molecule is C/C=C(\C(C)C)[C@@H](O)[C@H](O)[C@@H](C)[C@H]1CC[C@H]2[C@@H]3COC(=O)[C@H]4C[C@H](O)[C@H](O)C[C@]4(C)[C@@H]3CC[C@]12C. The average Bonchev–Trinajstić information content (AvgIpc) is 3.11. The van der Waals surface area contributed by atoms with Crippen LogP contribution in [-0.2, 0) is 9.53 Å². The van der Waals surface area contributed by atoms with Crippen molar-refractivity contribution in [2.75, 3.05) is 6.61 Å². The second kappa shape index (κ2) is 9.74. The van der Waals surface area contributed by atoms with Gasteiger partial charge in [0.05, 0.1) is 30.8 Å². The van der Waals surface area contributed by atoms with Gasteiger partial charge in [-0.05, 0) is 97.4 Å². The van der Waals surface area contributed by atoms with E-state index in [1.165, 1.54) is 0 Å². The number of allylic oxidation sites excluding steroid dienone is 1. The summed E-state index contributed by atoms with van der Waals surface area (Å²) in [4.78, 5) is 13.0. The molecule has 4 rings (SSSR count). The third-order valence-electron chi connectivity index (χ3n) is 11.3. The number of esters is 1. The number of aliphatic hydroxyl groups excluding tert-OH is 4. The molecule has 200 valence electrons. The highest BCUT2D eigenvalue weighted by Crippen LogP contribution is 2.66. The number of aliphatic hydroxyl groups is 4. The van der Waals surface area contributed by atoms with E-state index in [9.17, 15) is 25.2 Å². The molecule has 0 bridgehead atoms. The monoisotopic (exact) mass is 492 g/mol. The zero-order chi connectivity index (χ0) is 25.9. The molecule has 3 aliphatic carbocycles. The fourth-order valence-electron chi connectivity index (χ4n) is 9.26. The zero-order valence-corrected chi connectivity index (χ0v) is 22.5. The third kappa shape index (κ3) is 4.30. The van der Waals surface area contributed by atoms with Crippen molar-refractivity contribution in [2.45, 2.75) is 104 Å². The second-order valence-corrected chi connectivity index (χ2v) is 13.1. The standard InChI is InChI=1S/C29H48O6/c1-7-17(15(2)3)26(33)25(32)16(4)19-8-9-20-18-14-35-27(34)22-12-23(30)24(31)13-29(22,6)21(18)10-11-28(19,20)5/h7,15-16,18-26,30-33H,8-14H2,1-6H3/b17-7+/t16-,18-,19+,20-,21+,22+,23-,24+,25+,26+,28+,29+/m0/s1. The molecule has 4 aliphatic rings. The van der Waals surface area contributed by atoms with Crippen molar-refractivity contribution in [1.82, 2.24) is 0 Å². The van der Waals surface area contributed by atoms with Crippen LogP contribution in [0.15, 0.2) is 11.6 Å². The Bertz CT molecular complexity index is 824. The van der Waals surface area contributed by atoms with Crippen molar-refractivity contribution >= 4 is 5.97 Å². The van der Waals surface area contributed by atoms with Gasteiger partial charge in [-0.25, -0.2) is 0 Å². The van der Waals surface area contributed by atoms with Gasteiger partial charge in [0.2, 0.25) is 0 Å². The summed E-state index contributed by atoms with van der Waals surface area (Å²) in [7, 11) is 0. The second-order valence-electron chi connectivity index (χ2n) is 13.1. The van der Waals surface area contributed by atoms with Crippen LogP contribution in [0, 0.1) is 52.3 Å². The van der Waals surface area contributed by atoms with E-state index in [1.807, 2.05) is 26.8 Å². The number of rotatable bonds is 5. The summed E-state index contributed by atoms with van der Waals surface area (Å²) in [5.41, 5.74) is 0.515. The summed E-state index contributed by atoms with van der Waals surface area (Å²) < 4.78 is 5.87. The van der Waals surface area contributed by atoms with E-state index in [0.29, 0.717) is 18.9 Å². The molecule has 6 heteroatoms. The Labute approximate surface area is 211 Å². The first kappa shape index (κ1) is 27.1. The lowest BCUT2D eigenvalue weighted by molar-refractivity contribution is -0.162. The highest BCUT2D eigenvalue weighted by molar-refractivity contribution is 5.74. The third-order valence-corrected chi connectivity index (χ3v) is 11.3. The van der Waals surface area contributed by atoms with Crippen LogP contribution < -0.4 is 0 Å². The maximum absolute atomic E-state index is 13.0. The summed E-state index contributed by atoms with van der Waals surface area (Å²) in [5.74, 6) is 0.676. The molecule has 0 aromatic heterocycles. The molecule has 4 fully saturated rings. The minimum Gasteiger partial charge on any atom is -0.465 e. The molecule has 3 saturated carbocycles. The van der Waals surface area contributed by atoms with Crippen molar-refractivity contribution in [2.24, 2.45) is 52.3 Å². The molecule has 4 N–H and O–H groups in total. The average molecular weight is 493 g/mol. The topological polar surface area (TPSA) is 107 Å². The van der Waals surface area contributed by atoms with Crippen LogP contribution >= 0.6 is 0 Å². The maximum atomic E-state index is 13.0. The normalized spacial score (nSPS) is 46.7. The Morgan fingerprint density at radius 1 is 1.03 bits per heavy atom. The Hall–Kier alpha value is -0.950. The van der Waals surface area contributed by atoms with Crippen LogP contribution in [0.25, 0.3) is 0 Å². The molecule has 0 radical (unpaired) electrons. The van der Waals surface area contributed by atoms with E-state index in [0.717, 1.165) is 31.3 Å².